The van der Waals surface area contributed by atoms with Gasteiger partial charge in [-0.3, -0.25) is 0 Å². The van der Waals surface area contributed by atoms with Gasteiger partial charge in [-0.2, -0.15) is 13.2 Å². The van der Waals surface area contributed by atoms with Crippen LogP contribution in [-0.4, -0.2) is 16.1 Å². The molecule has 1 aromatic carbocycles. The van der Waals surface area contributed by atoms with Gasteiger partial charge in [-0.1, -0.05) is 29.8 Å². The zero-order valence-electron chi connectivity index (χ0n) is 8.62. The number of aromatic nitrogens is 1. The van der Waals surface area contributed by atoms with Gasteiger partial charge in [0.15, 0.2) is 5.69 Å². The van der Waals surface area contributed by atoms with E-state index in [-0.39, 0.29) is 10.9 Å². The van der Waals surface area contributed by atoms with Crippen LogP contribution in [0, 0.1) is 0 Å². The molecule has 7 heteroatoms. The van der Waals surface area contributed by atoms with Crippen LogP contribution in [-0.2, 0) is 6.18 Å². The topological polar surface area (TPSA) is 50.2 Å². The fraction of sp³-hybridized carbons (Fsp3) is 0.0909. The highest BCUT2D eigenvalue weighted by atomic mass is 35.5. The number of benzene rings is 1. The monoisotopic (exact) mass is 275 g/mol. The van der Waals surface area contributed by atoms with E-state index in [2.05, 4.69) is 4.98 Å². The second kappa shape index (κ2) is 4.13. The molecule has 0 fully saturated rings. The number of carboxylic acid groups (broad SMARTS) is 1. The number of aromatic carboxylic acids is 1. The molecule has 0 bridgehead atoms. The minimum absolute atomic E-state index is 0.000162. The fourth-order valence-corrected chi connectivity index (χ4v) is 1.90. The molecule has 0 spiro atoms. The van der Waals surface area contributed by atoms with Crippen LogP contribution >= 0.6 is 11.6 Å². The number of fused-ring (bicyclic) bond motifs is 1. The predicted molar refractivity (Wildman–Crippen MR) is 58.7 cm³/mol. The van der Waals surface area contributed by atoms with E-state index in [9.17, 15) is 18.0 Å². The van der Waals surface area contributed by atoms with E-state index < -0.39 is 28.4 Å². The average Bonchev–Trinajstić information content (AvgIpc) is 2.27. The number of pyridine rings is 1. The summed E-state index contributed by atoms with van der Waals surface area (Å²) in [6, 6.07) is 5.78. The normalized spacial score (nSPS) is 11.8. The molecule has 0 atom stereocenters. The summed E-state index contributed by atoms with van der Waals surface area (Å²) >= 11 is 5.73. The highest BCUT2D eigenvalue weighted by Crippen LogP contribution is 2.37. The van der Waals surface area contributed by atoms with Gasteiger partial charge in [-0.25, -0.2) is 9.78 Å². The lowest BCUT2D eigenvalue weighted by molar-refractivity contribution is -0.141. The lowest BCUT2D eigenvalue weighted by Crippen LogP contribution is -2.16. The first kappa shape index (κ1) is 12.6. The first-order valence-electron chi connectivity index (χ1n) is 4.71. The summed E-state index contributed by atoms with van der Waals surface area (Å²) in [4.78, 5) is 14.2. The van der Waals surface area contributed by atoms with Crippen molar-refractivity contribution in [2.45, 2.75) is 6.18 Å². The van der Waals surface area contributed by atoms with Crippen molar-refractivity contribution in [1.29, 1.82) is 0 Å². The van der Waals surface area contributed by atoms with Crippen molar-refractivity contribution in [3.05, 3.63) is 40.5 Å². The maximum atomic E-state index is 12.7. The van der Waals surface area contributed by atoms with Gasteiger partial charge in [0.05, 0.1) is 10.5 Å². The van der Waals surface area contributed by atoms with Gasteiger partial charge in [-0.05, 0) is 6.07 Å². The summed E-state index contributed by atoms with van der Waals surface area (Å²) in [7, 11) is 0. The molecular formula is C11H5ClF3NO2. The van der Waals surface area contributed by atoms with Crippen LogP contribution in [0.1, 0.15) is 16.1 Å². The lowest BCUT2D eigenvalue weighted by atomic mass is 10.1. The Morgan fingerprint density at radius 2 is 1.89 bits per heavy atom. The van der Waals surface area contributed by atoms with E-state index in [1.807, 2.05) is 0 Å². The molecule has 0 aliphatic carbocycles. The predicted octanol–water partition coefficient (Wildman–Crippen LogP) is 3.61. The van der Waals surface area contributed by atoms with E-state index in [1.165, 1.54) is 24.3 Å². The van der Waals surface area contributed by atoms with E-state index in [0.29, 0.717) is 0 Å². The largest absolute Gasteiger partial charge is 0.478 e. The lowest BCUT2D eigenvalue weighted by Gasteiger charge is -2.12. The number of nitrogens with zero attached hydrogens (tertiary/aromatic N) is 1. The number of halogens is 4. The van der Waals surface area contributed by atoms with Gasteiger partial charge in [0.1, 0.15) is 5.56 Å². The molecule has 18 heavy (non-hydrogen) atoms. The molecule has 0 aliphatic rings. The zero-order valence-corrected chi connectivity index (χ0v) is 9.38. The number of para-hydroxylation sites is 1. The summed E-state index contributed by atoms with van der Waals surface area (Å²) in [6.07, 6.45) is -4.87. The molecule has 1 N–H and O–H groups in total. The molecule has 1 aromatic heterocycles. The molecular weight excluding hydrogens is 271 g/mol. The summed E-state index contributed by atoms with van der Waals surface area (Å²) in [5.74, 6) is -1.76. The molecule has 0 amide bonds. The molecule has 2 rings (SSSR count). The van der Waals surface area contributed by atoms with E-state index in [1.54, 1.807) is 0 Å². The van der Waals surface area contributed by atoms with Gasteiger partial charge >= 0.3 is 12.1 Å². The molecule has 2 aromatic rings. The minimum atomic E-state index is -4.87. The zero-order chi connectivity index (χ0) is 13.5. The Morgan fingerprint density at radius 1 is 1.28 bits per heavy atom. The molecule has 0 radical (unpaired) electrons. The second-order valence-electron chi connectivity index (χ2n) is 3.47. The van der Waals surface area contributed by atoms with Gasteiger partial charge in [-0.15, -0.1) is 0 Å². The van der Waals surface area contributed by atoms with Crippen molar-refractivity contribution in [3.8, 4) is 0 Å². The second-order valence-corrected chi connectivity index (χ2v) is 3.85. The number of rotatable bonds is 1. The molecule has 3 nitrogen and oxygen atoms in total. The molecule has 0 saturated carbocycles. The Balaban J connectivity index is 2.93. The first-order valence-corrected chi connectivity index (χ1v) is 5.09. The van der Waals surface area contributed by atoms with Crippen LogP contribution in [0.15, 0.2) is 24.3 Å². The molecule has 94 valence electrons. The Kier molecular flexibility index (Phi) is 2.90. The summed E-state index contributed by atoms with van der Waals surface area (Å²) in [6.45, 7) is 0. The molecule has 0 aliphatic heterocycles. The Morgan fingerprint density at radius 3 is 2.44 bits per heavy atom. The van der Waals surface area contributed by atoms with Crippen LogP contribution in [0.3, 0.4) is 0 Å². The van der Waals surface area contributed by atoms with Crippen molar-refractivity contribution in [2.75, 3.05) is 0 Å². The van der Waals surface area contributed by atoms with Gasteiger partial charge in [0.25, 0.3) is 0 Å². The third kappa shape index (κ3) is 1.99. The third-order valence-electron chi connectivity index (χ3n) is 2.31. The maximum absolute atomic E-state index is 12.7. The van der Waals surface area contributed by atoms with Crippen molar-refractivity contribution in [3.63, 3.8) is 0 Å². The van der Waals surface area contributed by atoms with E-state index in [0.717, 1.165) is 0 Å². The molecule has 0 unspecified atom stereocenters. The van der Waals surface area contributed by atoms with Crippen molar-refractivity contribution in [1.82, 2.24) is 4.98 Å². The van der Waals surface area contributed by atoms with E-state index >= 15 is 0 Å². The van der Waals surface area contributed by atoms with Crippen LogP contribution in [0.5, 0.6) is 0 Å². The van der Waals surface area contributed by atoms with Crippen molar-refractivity contribution in [2.24, 2.45) is 0 Å². The smallest absolute Gasteiger partial charge is 0.434 e. The summed E-state index contributed by atoms with van der Waals surface area (Å²) < 4.78 is 38.2. The van der Waals surface area contributed by atoms with Crippen LogP contribution in [0.4, 0.5) is 13.2 Å². The Hall–Kier alpha value is -1.82. The summed E-state index contributed by atoms with van der Waals surface area (Å²) in [5, 5.41) is 8.56. The fourth-order valence-electron chi connectivity index (χ4n) is 1.57. The van der Waals surface area contributed by atoms with Crippen LogP contribution in [0.2, 0.25) is 5.02 Å². The highest BCUT2D eigenvalue weighted by molar-refractivity contribution is 6.38. The maximum Gasteiger partial charge on any atom is 0.434 e. The van der Waals surface area contributed by atoms with Crippen molar-refractivity contribution < 1.29 is 23.1 Å². The average molecular weight is 276 g/mol. The first-order chi connectivity index (χ1) is 8.32. The van der Waals surface area contributed by atoms with Gasteiger partial charge in [0.2, 0.25) is 0 Å². The number of carbonyl (C=O) groups is 1. The van der Waals surface area contributed by atoms with E-state index in [4.69, 9.17) is 16.7 Å². The van der Waals surface area contributed by atoms with Crippen LogP contribution in [0.25, 0.3) is 10.9 Å². The quantitative estimate of drug-likeness (QED) is 0.865. The Labute approximate surface area is 104 Å². The number of carboxylic acids is 1. The number of hydrogen-bond donors (Lipinski definition) is 1. The van der Waals surface area contributed by atoms with Gasteiger partial charge in [0, 0.05) is 5.39 Å². The Bertz CT molecular complexity index is 640. The number of alkyl halides is 3. The van der Waals surface area contributed by atoms with Gasteiger partial charge < -0.3 is 5.11 Å². The standard InChI is InChI=1S/C11H5ClF3NO2/c12-8-5-3-1-2-4-6(5)16-9(11(13,14)15)7(8)10(17)18/h1-4H,(H,17,18). The highest BCUT2D eigenvalue weighted by Gasteiger charge is 2.39. The van der Waals surface area contributed by atoms with Crippen molar-refractivity contribution >= 4 is 28.5 Å². The SMILES string of the molecule is O=C(O)c1c(C(F)(F)F)nc2ccccc2c1Cl. The molecule has 0 saturated heterocycles. The minimum Gasteiger partial charge on any atom is -0.478 e. The summed E-state index contributed by atoms with van der Waals surface area (Å²) in [5.41, 5.74) is -2.51. The van der Waals surface area contributed by atoms with Crippen LogP contribution < -0.4 is 0 Å². The third-order valence-corrected chi connectivity index (χ3v) is 2.70. The molecule has 1 heterocycles. The number of hydrogen-bond acceptors (Lipinski definition) is 2.